The number of nitrogens with one attached hydrogen (secondary N) is 2. The number of anilines is 2. The molecule has 0 bridgehead atoms. The van der Waals surface area contributed by atoms with Crippen molar-refractivity contribution in [2.24, 2.45) is 5.84 Å². The first-order valence-corrected chi connectivity index (χ1v) is 6.53. The zero-order valence-corrected chi connectivity index (χ0v) is 11.1. The fourth-order valence-corrected chi connectivity index (χ4v) is 2.09. The van der Waals surface area contributed by atoms with E-state index in [0.29, 0.717) is 5.95 Å². The van der Waals surface area contributed by atoms with Crippen LogP contribution in [-0.2, 0) is 0 Å². The first-order chi connectivity index (χ1) is 8.72. The minimum atomic E-state index is 0.451. The number of aryl methyl sites for hydroxylation is 1. The maximum atomic E-state index is 5.32. The lowest BCUT2D eigenvalue weighted by Gasteiger charge is -2.20. The van der Waals surface area contributed by atoms with Gasteiger partial charge < -0.3 is 5.32 Å². The summed E-state index contributed by atoms with van der Waals surface area (Å²) in [6.07, 6.45) is 2.70. The van der Waals surface area contributed by atoms with E-state index in [1.54, 1.807) is 0 Å². The molecule has 0 saturated heterocycles. The Morgan fingerprint density at radius 1 is 1.44 bits per heavy atom. The highest BCUT2D eigenvalue weighted by Gasteiger charge is 2.27. The van der Waals surface area contributed by atoms with E-state index in [1.165, 1.54) is 12.8 Å². The number of rotatable bonds is 7. The number of hydrogen-bond acceptors (Lipinski definition) is 6. The van der Waals surface area contributed by atoms with Gasteiger partial charge in [-0.1, -0.05) is 6.92 Å². The van der Waals surface area contributed by atoms with Gasteiger partial charge in [-0.25, -0.2) is 10.8 Å². The Kier molecular flexibility index (Phi) is 4.33. The van der Waals surface area contributed by atoms with Crippen molar-refractivity contribution in [1.29, 1.82) is 0 Å². The summed E-state index contributed by atoms with van der Waals surface area (Å²) in [4.78, 5) is 10.9. The van der Waals surface area contributed by atoms with Gasteiger partial charge in [0, 0.05) is 30.9 Å². The van der Waals surface area contributed by atoms with Crippen LogP contribution in [0.3, 0.4) is 0 Å². The second-order valence-corrected chi connectivity index (χ2v) is 4.65. The lowest BCUT2D eigenvalue weighted by Crippen LogP contribution is -2.31. The standard InChI is InChI=1S/C12H22N6/c1-3-18(10-4-5-10)7-6-14-11-8-9(2)15-12(16-11)17-13/h8,10H,3-7,13H2,1-2H3,(H2,14,15,16,17). The Hall–Kier alpha value is -1.40. The van der Waals surface area contributed by atoms with E-state index in [2.05, 4.69) is 32.5 Å². The minimum absolute atomic E-state index is 0.451. The molecule has 1 saturated carbocycles. The average Bonchev–Trinajstić information content (AvgIpc) is 3.18. The van der Waals surface area contributed by atoms with Crippen molar-refractivity contribution in [2.45, 2.75) is 32.7 Å². The van der Waals surface area contributed by atoms with Crippen LogP contribution in [0.25, 0.3) is 0 Å². The molecular weight excluding hydrogens is 228 g/mol. The van der Waals surface area contributed by atoms with Gasteiger partial charge in [-0.05, 0) is 26.3 Å². The summed E-state index contributed by atoms with van der Waals surface area (Å²) >= 11 is 0. The average molecular weight is 250 g/mol. The van der Waals surface area contributed by atoms with Crippen LogP contribution in [0.4, 0.5) is 11.8 Å². The van der Waals surface area contributed by atoms with Gasteiger partial charge in [0.05, 0.1) is 0 Å². The summed E-state index contributed by atoms with van der Waals surface area (Å²) in [6, 6.07) is 2.74. The summed E-state index contributed by atoms with van der Waals surface area (Å²) in [6.45, 7) is 7.20. The van der Waals surface area contributed by atoms with Crippen molar-refractivity contribution in [2.75, 3.05) is 30.4 Å². The summed E-state index contributed by atoms with van der Waals surface area (Å²) in [7, 11) is 0. The normalized spacial score (nSPS) is 14.9. The van der Waals surface area contributed by atoms with Crippen LogP contribution in [0.1, 0.15) is 25.5 Å². The number of likely N-dealkylation sites (N-methyl/N-ethyl adjacent to an activating group) is 1. The topological polar surface area (TPSA) is 79.1 Å². The molecule has 2 rings (SSSR count). The van der Waals surface area contributed by atoms with E-state index in [4.69, 9.17) is 5.84 Å². The van der Waals surface area contributed by atoms with E-state index in [0.717, 1.165) is 37.2 Å². The van der Waals surface area contributed by atoms with E-state index < -0.39 is 0 Å². The Balaban J connectivity index is 1.83. The zero-order valence-electron chi connectivity index (χ0n) is 11.1. The van der Waals surface area contributed by atoms with Crippen molar-refractivity contribution in [1.82, 2.24) is 14.9 Å². The van der Waals surface area contributed by atoms with Crippen LogP contribution in [0.2, 0.25) is 0 Å². The smallest absolute Gasteiger partial charge is 0.239 e. The highest BCUT2D eigenvalue weighted by atomic mass is 15.3. The monoisotopic (exact) mass is 250 g/mol. The molecule has 1 heterocycles. The van der Waals surface area contributed by atoms with Crippen LogP contribution in [0.15, 0.2) is 6.07 Å². The first kappa shape index (κ1) is 13.0. The highest BCUT2D eigenvalue weighted by molar-refractivity contribution is 5.41. The summed E-state index contributed by atoms with van der Waals surface area (Å²) in [5, 5.41) is 3.32. The van der Waals surface area contributed by atoms with Crippen molar-refractivity contribution in [3.63, 3.8) is 0 Å². The minimum Gasteiger partial charge on any atom is -0.369 e. The predicted octanol–water partition coefficient (Wildman–Crippen LogP) is 0.967. The number of hydrogen-bond donors (Lipinski definition) is 3. The molecule has 0 unspecified atom stereocenters. The molecular formula is C12H22N6. The lowest BCUT2D eigenvalue weighted by molar-refractivity contribution is 0.289. The maximum absolute atomic E-state index is 5.32. The number of hydrazine groups is 1. The fourth-order valence-electron chi connectivity index (χ4n) is 2.09. The molecule has 6 heteroatoms. The summed E-state index contributed by atoms with van der Waals surface area (Å²) in [5.41, 5.74) is 3.37. The van der Waals surface area contributed by atoms with E-state index in [1.807, 2.05) is 13.0 Å². The SMILES string of the molecule is CCN(CCNc1cc(C)nc(NN)n1)C1CC1. The molecule has 1 aliphatic carbocycles. The molecule has 6 nitrogen and oxygen atoms in total. The van der Waals surface area contributed by atoms with E-state index in [9.17, 15) is 0 Å². The molecule has 100 valence electrons. The third kappa shape index (κ3) is 3.54. The van der Waals surface area contributed by atoms with Crippen molar-refractivity contribution in [3.05, 3.63) is 11.8 Å². The number of nitrogens with two attached hydrogens (primary N) is 1. The first-order valence-electron chi connectivity index (χ1n) is 6.53. The molecule has 0 aromatic carbocycles. The molecule has 0 atom stereocenters. The maximum Gasteiger partial charge on any atom is 0.239 e. The van der Waals surface area contributed by atoms with Crippen LogP contribution in [0.5, 0.6) is 0 Å². The molecule has 1 aromatic rings. The lowest BCUT2D eigenvalue weighted by atomic mass is 10.4. The van der Waals surface area contributed by atoms with Gasteiger partial charge in [0.15, 0.2) is 0 Å². The molecule has 0 aliphatic heterocycles. The summed E-state index contributed by atoms with van der Waals surface area (Å²) in [5.74, 6) is 6.60. The zero-order chi connectivity index (χ0) is 13.0. The van der Waals surface area contributed by atoms with Gasteiger partial charge in [0.2, 0.25) is 5.95 Å². The Labute approximate surface area is 108 Å². The fraction of sp³-hybridized carbons (Fsp3) is 0.667. The largest absolute Gasteiger partial charge is 0.369 e. The summed E-state index contributed by atoms with van der Waals surface area (Å²) < 4.78 is 0. The number of nitrogen functional groups attached to an aromatic ring is 1. The third-order valence-electron chi connectivity index (χ3n) is 3.16. The van der Waals surface area contributed by atoms with Gasteiger partial charge in [-0.2, -0.15) is 4.98 Å². The van der Waals surface area contributed by atoms with Gasteiger partial charge >= 0.3 is 0 Å². The van der Waals surface area contributed by atoms with Gasteiger partial charge in [0.1, 0.15) is 5.82 Å². The molecule has 1 aliphatic rings. The van der Waals surface area contributed by atoms with Crippen molar-refractivity contribution < 1.29 is 0 Å². The van der Waals surface area contributed by atoms with E-state index in [-0.39, 0.29) is 0 Å². The van der Waals surface area contributed by atoms with Crippen molar-refractivity contribution >= 4 is 11.8 Å². The highest BCUT2D eigenvalue weighted by Crippen LogP contribution is 2.25. The third-order valence-corrected chi connectivity index (χ3v) is 3.16. The predicted molar refractivity (Wildman–Crippen MR) is 73.3 cm³/mol. The van der Waals surface area contributed by atoms with Gasteiger partial charge in [0.25, 0.3) is 0 Å². The van der Waals surface area contributed by atoms with Crippen LogP contribution >= 0.6 is 0 Å². The second-order valence-electron chi connectivity index (χ2n) is 4.65. The Bertz CT molecular complexity index is 390. The molecule has 18 heavy (non-hydrogen) atoms. The second kappa shape index (κ2) is 5.97. The van der Waals surface area contributed by atoms with Crippen LogP contribution in [0, 0.1) is 6.92 Å². The van der Waals surface area contributed by atoms with E-state index >= 15 is 0 Å². The number of nitrogens with zero attached hydrogens (tertiary/aromatic N) is 3. The molecule has 0 radical (unpaired) electrons. The molecule has 0 amide bonds. The van der Waals surface area contributed by atoms with Crippen LogP contribution in [-0.4, -0.2) is 40.5 Å². The number of aromatic nitrogens is 2. The molecule has 0 spiro atoms. The Morgan fingerprint density at radius 3 is 2.83 bits per heavy atom. The van der Waals surface area contributed by atoms with Gasteiger partial charge in [-0.3, -0.25) is 10.3 Å². The molecule has 1 aromatic heterocycles. The van der Waals surface area contributed by atoms with Gasteiger partial charge in [-0.15, -0.1) is 0 Å². The molecule has 4 N–H and O–H groups in total. The molecule has 1 fully saturated rings. The quantitative estimate of drug-likeness (QED) is 0.494. The van der Waals surface area contributed by atoms with Crippen molar-refractivity contribution in [3.8, 4) is 0 Å². The Morgan fingerprint density at radius 2 is 2.22 bits per heavy atom. The van der Waals surface area contributed by atoms with Crippen LogP contribution < -0.4 is 16.6 Å².